The van der Waals surface area contributed by atoms with Crippen LogP contribution in [0, 0.1) is 10.5 Å². The molecule has 0 aliphatic rings. The molecular formula is C34H34IN3O5S. The molecule has 1 unspecified atom stereocenters. The van der Waals surface area contributed by atoms with Gasteiger partial charge in [-0.05, 0) is 83.1 Å². The van der Waals surface area contributed by atoms with Crippen LogP contribution in [0.4, 0.5) is 0 Å². The van der Waals surface area contributed by atoms with Crippen molar-refractivity contribution in [1.82, 2.24) is 14.8 Å². The first kappa shape index (κ1) is 31.7. The number of aliphatic hydroxyl groups is 1. The second kappa shape index (κ2) is 14.8. The van der Waals surface area contributed by atoms with Crippen LogP contribution < -0.4 is 18.9 Å². The minimum atomic E-state index is -0.739. The number of hydrogen-bond donors (Lipinski definition) is 1. The lowest BCUT2D eigenvalue weighted by Gasteiger charge is -2.16. The van der Waals surface area contributed by atoms with Crippen molar-refractivity contribution in [3.8, 4) is 45.5 Å². The van der Waals surface area contributed by atoms with Gasteiger partial charge in [0.1, 0.15) is 29.6 Å². The molecule has 0 saturated heterocycles. The fraction of sp³-hybridized carbons (Fsp3) is 0.235. The lowest BCUT2D eigenvalue weighted by molar-refractivity contribution is 0.126. The molecular weight excluding hydrogens is 689 g/mol. The molecule has 1 N–H and O–H groups in total. The molecule has 0 amide bonds. The van der Waals surface area contributed by atoms with Crippen LogP contribution in [0.2, 0.25) is 0 Å². The monoisotopic (exact) mass is 723 g/mol. The summed E-state index contributed by atoms with van der Waals surface area (Å²) in [6.45, 7) is 2.72. The van der Waals surface area contributed by atoms with Crippen molar-refractivity contribution in [2.75, 3.05) is 33.7 Å². The molecule has 5 aromatic rings. The van der Waals surface area contributed by atoms with Crippen molar-refractivity contribution in [3.63, 3.8) is 0 Å². The predicted octanol–water partition coefficient (Wildman–Crippen LogP) is 7.13. The van der Waals surface area contributed by atoms with Gasteiger partial charge in [-0.15, -0.1) is 10.2 Å². The molecule has 0 radical (unpaired) electrons. The first-order valence-electron chi connectivity index (χ1n) is 14.0. The van der Waals surface area contributed by atoms with E-state index in [9.17, 15) is 5.11 Å². The van der Waals surface area contributed by atoms with Crippen molar-refractivity contribution in [2.45, 2.75) is 24.7 Å². The largest absolute Gasteiger partial charge is 0.497 e. The van der Waals surface area contributed by atoms with Crippen LogP contribution in [0.1, 0.15) is 11.1 Å². The Hall–Kier alpha value is -3.74. The van der Waals surface area contributed by atoms with E-state index in [4.69, 9.17) is 18.9 Å². The number of aryl methyl sites for hydroxylation is 1. The molecule has 0 aliphatic heterocycles. The molecule has 10 heteroatoms. The van der Waals surface area contributed by atoms with Gasteiger partial charge in [-0.3, -0.25) is 4.57 Å². The highest BCUT2D eigenvalue weighted by molar-refractivity contribution is 14.1. The number of aliphatic hydroxyl groups excluding tert-OH is 1. The number of rotatable bonds is 13. The number of hydrogen-bond acceptors (Lipinski definition) is 8. The normalized spacial score (nSPS) is 11.7. The SMILES string of the molecule is COc1ccc(Cn2c(SCC(O)COc3ccc(I)cc3-c3ccc(C)cc3)nnc2-c2cc(OC)cc(OC)c2)cc1. The van der Waals surface area contributed by atoms with E-state index in [2.05, 4.69) is 70.0 Å². The maximum atomic E-state index is 11.0. The molecule has 0 spiro atoms. The minimum absolute atomic E-state index is 0.138. The van der Waals surface area contributed by atoms with E-state index in [1.165, 1.54) is 17.3 Å². The first-order chi connectivity index (χ1) is 21.4. The standard InChI is InChI=1S/C34H34IN3O5S/c1-22-5-9-24(10-6-22)31-17-26(35)11-14-32(31)43-20-27(39)21-44-34-37-36-33(25-15-29(41-3)18-30(16-25)42-4)38(34)19-23-7-12-28(40-2)13-8-23/h5-18,27,39H,19-21H2,1-4H3. The highest BCUT2D eigenvalue weighted by Crippen LogP contribution is 2.34. The summed E-state index contributed by atoms with van der Waals surface area (Å²) in [7, 11) is 4.88. The molecule has 1 atom stereocenters. The Balaban J connectivity index is 1.35. The summed E-state index contributed by atoms with van der Waals surface area (Å²) in [6.07, 6.45) is -0.739. The average molecular weight is 724 g/mol. The maximum absolute atomic E-state index is 11.0. The van der Waals surface area contributed by atoms with Crippen molar-refractivity contribution < 1.29 is 24.1 Å². The summed E-state index contributed by atoms with van der Waals surface area (Å²) in [5, 5.41) is 20.7. The molecule has 0 bridgehead atoms. The van der Waals surface area contributed by atoms with Gasteiger partial charge in [-0.25, -0.2) is 0 Å². The summed E-state index contributed by atoms with van der Waals surface area (Å²) in [6, 6.07) is 27.9. The molecule has 0 fully saturated rings. The van der Waals surface area contributed by atoms with Gasteiger partial charge in [0.2, 0.25) is 0 Å². The Morgan fingerprint density at radius 1 is 0.795 bits per heavy atom. The van der Waals surface area contributed by atoms with Crippen LogP contribution >= 0.6 is 34.4 Å². The Morgan fingerprint density at radius 3 is 2.14 bits per heavy atom. The smallest absolute Gasteiger partial charge is 0.191 e. The molecule has 4 aromatic carbocycles. The van der Waals surface area contributed by atoms with Crippen molar-refractivity contribution >= 4 is 34.4 Å². The average Bonchev–Trinajstić information content (AvgIpc) is 3.45. The van der Waals surface area contributed by atoms with Gasteiger partial charge in [0, 0.05) is 26.5 Å². The lowest BCUT2D eigenvalue weighted by Crippen LogP contribution is -2.20. The van der Waals surface area contributed by atoms with Gasteiger partial charge in [-0.1, -0.05) is 53.7 Å². The number of thioether (sulfide) groups is 1. The van der Waals surface area contributed by atoms with Crippen molar-refractivity contribution in [2.24, 2.45) is 0 Å². The van der Waals surface area contributed by atoms with Crippen LogP contribution in [0.5, 0.6) is 23.0 Å². The Kier molecular flexibility index (Phi) is 10.7. The highest BCUT2D eigenvalue weighted by Gasteiger charge is 2.19. The van der Waals surface area contributed by atoms with Crippen molar-refractivity contribution in [3.05, 3.63) is 99.6 Å². The van der Waals surface area contributed by atoms with E-state index in [1.807, 2.05) is 59.2 Å². The van der Waals surface area contributed by atoms with E-state index >= 15 is 0 Å². The molecule has 228 valence electrons. The van der Waals surface area contributed by atoms with Crippen LogP contribution in [0.3, 0.4) is 0 Å². The second-order valence-corrected chi connectivity index (χ2v) is 12.4. The molecule has 0 aliphatic carbocycles. The summed E-state index contributed by atoms with van der Waals surface area (Å²) in [4.78, 5) is 0. The third-order valence-electron chi connectivity index (χ3n) is 6.97. The number of benzene rings is 4. The number of halogens is 1. The van der Waals surface area contributed by atoms with E-state index in [1.54, 1.807) is 21.3 Å². The van der Waals surface area contributed by atoms with Crippen molar-refractivity contribution in [1.29, 1.82) is 0 Å². The van der Waals surface area contributed by atoms with Gasteiger partial charge in [0.25, 0.3) is 0 Å². The molecule has 5 rings (SSSR count). The van der Waals surface area contributed by atoms with E-state index in [-0.39, 0.29) is 6.61 Å². The third kappa shape index (κ3) is 7.85. The van der Waals surface area contributed by atoms with Crippen LogP contribution in [0.15, 0.2) is 90.1 Å². The van der Waals surface area contributed by atoms with Crippen LogP contribution in [0.25, 0.3) is 22.5 Å². The number of ether oxygens (including phenoxy) is 4. The molecule has 8 nitrogen and oxygen atoms in total. The third-order valence-corrected chi connectivity index (χ3v) is 8.75. The van der Waals surface area contributed by atoms with Gasteiger partial charge in [0.05, 0.1) is 34.0 Å². The van der Waals surface area contributed by atoms with Crippen LogP contribution in [-0.4, -0.2) is 59.7 Å². The molecule has 1 heterocycles. The second-order valence-electron chi connectivity index (χ2n) is 10.1. The highest BCUT2D eigenvalue weighted by atomic mass is 127. The van der Waals surface area contributed by atoms with E-state index < -0.39 is 6.10 Å². The lowest BCUT2D eigenvalue weighted by atomic mass is 10.0. The Labute approximate surface area is 275 Å². The molecule has 0 saturated carbocycles. The fourth-order valence-electron chi connectivity index (χ4n) is 4.59. The summed E-state index contributed by atoms with van der Waals surface area (Å²) >= 11 is 3.73. The summed E-state index contributed by atoms with van der Waals surface area (Å²) in [5.74, 6) is 3.85. The van der Waals surface area contributed by atoms with Gasteiger partial charge in [0.15, 0.2) is 11.0 Å². The number of methoxy groups -OCH3 is 3. The summed E-state index contributed by atoms with van der Waals surface area (Å²) < 4.78 is 25.6. The van der Waals surface area contributed by atoms with Gasteiger partial charge in [-0.2, -0.15) is 0 Å². The zero-order valence-corrected chi connectivity index (χ0v) is 28.0. The molecule has 44 heavy (non-hydrogen) atoms. The summed E-state index contributed by atoms with van der Waals surface area (Å²) in [5.41, 5.74) is 5.12. The Bertz CT molecular complexity index is 1670. The zero-order chi connectivity index (χ0) is 31.1. The minimum Gasteiger partial charge on any atom is -0.497 e. The van der Waals surface area contributed by atoms with Gasteiger partial charge < -0.3 is 24.1 Å². The van der Waals surface area contributed by atoms with E-state index in [0.717, 1.165) is 37.3 Å². The number of aromatic nitrogens is 3. The topological polar surface area (TPSA) is 87.9 Å². The quantitative estimate of drug-likeness (QED) is 0.102. The maximum Gasteiger partial charge on any atom is 0.191 e. The zero-order valence-electron chi connectivity index (χ0n) is 25.0. The predicted molar refractivity (Wildman–Crippen MR) is 182 cm³/mol. The Morgan fingerprint density at radius 2 is 1.48 bits per heavy atom. The fourth-order valence-corrected chi connectivity index (χ4v) is 5.93. The van der Waals surface area contributed by atoms with E-state index in [0.29, 0.717) is 34.8 Å². The van der Waals surface area contributed by atoms with Gasteiger partial charge >= 0.3 is 0 Å². The number of nitrogens with zero attached hydrogens (tertiary/aromatic N) is 3. The first-order valence-corrected chi connectivity index (χ1v) is 16.0. The van der Waals surface area contributed by atoms with Crippen LogP contribution in [-0.2, 0) is 6.54 Å². The molecule has 1 aromatic heterocycles.